The van der Waals surface area contributed by atoms with Gasteiger partial charge in [-0.25, -0.2) is 4.39 Å². The average molecular weight is 378 g/mol. The molecule has 5 heteroatoms. The Morgan fingerprint density at radius 3 is 2.61 bits per heavy atom. The lowest BCUT2D eigenvalue weighted by Crippen LogP contribution is -2.38. The number of Topliss-reactive ketones (excluding diaryl/α,β-unsaturated/α-hetero) is 1. The molecule has 1 amide bonds. The Hall–Kier alpha value is -2.95. The number of hydrogen-bond acceptors (Lipinski definition) is 3. The molecule has 1 aliphatic carbocycles. The smallest absolute Gasteiger partial charge is 0.224 e. The lowest BCUT2D eigenvalue weighted by molar-refractivity contribution is -0.118. The molecule has 1 heterocycles. The van der Waals surface area contributed by atoms with Crippen LogP contribution in [0.3, 0.4) is 0 Å². The summed E-state index contributed by atoms with van der Waals surface area (Å²) < 4.78 is 14.1. The van der Waals surface area contributed by atoms with Gasteiger partial charge in [-0.1, -0.05) is 38.1 Å². The number of fused-ring (bicyclic) bond motifs is 1. The molecule has 2 aliphatic rings. The van der Waals surface area contributed by atoms with E-state index in [0.29, 0.717) is 29.7 Å². The summed E-state index contributed by atoms with van der Waals surface area (Å²) in [4.78, 5) is 27.6. The fraction of sp³-hybridized carbons (Fsp3) is 0.304. The van der Waals surface area contributed by atoms with Crippen LogP contribution in [-0.4, -0.2) is 11.7 Å². The number of allylic oxidation sites excluding steroid dienone is 1. The maximum Gasteiger partial charge on any atom is 0.224 e. The first-order valence-corrected chi connectivity index (χ1v) is 9.44. The number of amides is 1. The summed E-state index contributed by atoms with van der Waals surface area (Å²) >= 11 is 0. The highest BCUT2D eigenvalue weighted by Gasteiger charge is 2.42. The number of carbonyl (C=O) groups is 2. The third kappa shape index (κ3) is 3.11. The number of halogens is 1. The molecule has 1 aliphatic heterocycles. The molecule has 1 atom stereocenters. The van der Waals surface area contributed by atoms with Gasteiger partial charge < -0.3 is 5.32 Å². The van der Waals surface area contributed by atoms with E-state index in [1.165, 1.54) is 19.1 Å². The summed E-state index contributed by atoms with van der Waals surface area (Å²) in [5.74, 6) is -0.598. The zero-order chi connectivity index (χ0) is 20.1. The second-order valence-electron chi connectivity index (χ2n) is 8.32. The van der Waals surface area contributed by atoms with Gasteiger partial charge in [-0.05, 0) is 41.7 Å². The van der Waals surface area contributed by atoms with E-state index in [9.17, 15) is 14.0 Å². The summed E-state index contributed by atoms with van der Waals surface area (Å²) in [6.07, 6.45) is 1.07. The molecule has 4 nitrogen and oxygen atoms in total. The molecule has 0 radical (unpaired) electrons. The van der Waals surface area contributed by atoms with Crippen LogP contribution in [0.2, 0.25) is 0 Å². The van der Waals surface area contributed by atoms with Crippen molar-refractivity contribution in [1.29, 1.82) is 0 Å². The summed E-state index contributed by atoms with van der Waals surface area (Å²) in [7, 11) is 0. The number of anilines is 2. The minimum Gasteiger partial charge on any atom is -0.357 e. The maximum absolute atomic E-state index is 14.1. The number of rotatable bonds is 1. The van der Waals surface area contributed by atoms with Gasteiger partial charge in [0.2, 0.25) is 5.91 Å². The number of ketones is 1. The van der Waals surface area contributed by atoms with E-state index in [-0.39, 0.29) is 17.1 Å². The maximum atomic E-state index is 14.1. The van der Waals surface area contributed by atoms with Crippen LogP contribution in [0.1, 0.15) is 45.2 Å². The van der Waals surface area contributed by atoms with Gasteiger partial charge in [0.15, 0.2) is 5.78 Å². The van der Waals surface area contributed by atoms with Gasteiger partial charge in [0.1, 0.15) is 5.82 Å². The second-order valence-corrected chi connectivity index (χ2v) is 8.32. The van der Waals surface area contributed by atoms with E-state index >= 15 is 0 Å². The van der Waals surface area contributed by atoms with Crippen molar-refractivity contribution in [3.8, 4) is 0 Å². The Bertz CT molecular complexity index is 1010. The van der Waals surface area contributed by atoms with Crippen molar-refractivity contribution in [3.05, 3.63) is 71.2 Å². The van der Waals surface area contributed by atoms with Gasteiger partial charge in [-0.15, -0.1) is 0 Å². The summed E-state index contributed by atoms with van der Waals surface area (Å²) in [6.45, 7) is 5.60. The molecule has 28 heavy (non-hydrogen) atoms. The SMILES string of the molecule is CC(=O)N1c2ccccc2NC2=C(C(=O)CC(C)(C)C2)[C@@H]1c1cccc(F)c1. The number of nitrogens with one attached hydrogen (secondary N) is 1. The van der Waals surface area contributed by atoms with Crippen molar-refractivity contribution < 1.29 is 14.0 Å². The van der Waals surface area contributed by atoms with Gasteiger partial charge >= 0.3 is 0 Å². The number of hydrogen-bond donors (Lipinski definition) is 1. The molecule has 2 aromatic carbocycles. The highest BCUT2D eigenvalue weighted by molar-refractivity contribution is 6.05. The van der Waals surface area contributed by atoms with Gasteiger partial charge in [0.05, 0.1) is 17.4 Å². The van der Waals surface area contributed by atoms with Crippen molar-refractivity contribution in [2.45, 2.75) is 39.7 Å². The van der Waals surface area contributed by atoms with Crippen LogP contribution in [0, 0.1) is 11.2 Å². The van der Waals surface area contributed by atoms with Crippen LogP contribution in [0.15, 0.2) is 59.8 Å². The largest absolute Gasteiger partial charge is 0.357 e. The van der Waals surface area contributed by atoms with Gasteiger partial charge in [0, 0.05) is 24.6 Å². The Labute approximate surface area is 164 Å². The van der Waals surface area contributed by atoms with Crippen LogP contribution < -0.4 is 10.2 Å². The van der Waals surface area contributed by atoms with Crippen LogP contribution in [0.25, 0.3) is 0 Å². The third-order valence-corrected chi connectivity index (χ3v) is 5.40. The fourth-order valence-corrected chi connectivity index (χ4v) is 4.33. The van der Waals surface area contributed by atoms with Crippen molar-refractivity contribution in [2.75, 3.05) is 10.2 Å². The molecule has 4 rings (SSSR count). The second kappa shape index (κ2) is 6.59. The first kappa shape index (κ1) is 18.4. The molecule has 0 saturated heterocycles. The van der Waals surface area contributed by atoms with E-state index in [1.807, 2.05) is 24.3 Å². The van der Waals surface area contributed by atoms with E-state index in [1.54, 1.807) is 17.0 Å². The van der Waals surface area contributed by atoms with Crippen molar-refractivity contribution in [3.63, 3.8) is 0 Å². The first-order chi connectivity index (χ1) is 13.3. The normalized spacial score (nSPS) is 20.8. The Balaban J connectivity index is 2.02. The standard InChI is InChI=1S/C23H23FN2O2/c1-14(27)26-19-10-5-4-9-17(19)25-18-12-23(2,3)13-20(28)21(18)22(26)15-7-6-8-16(24)11-15/h4-11,22,25H,12-13H2,1-3H3/t22-/m0/s1. The molecule has 0 fully saturated rings. The zero-order valence-electron chi connectivity index (χ0n) is 16.3. The van der Waals surface area contributed by atoms with E-state index in [2.05, 4.69) is 19.2 Å². The van der Waals surface area contributed by atoms with E-state index in [4.69, 9.17) is 0 Å². The van der Waals surface area contributed by atoms with Crippen molar-refractivity contribution in [1.82, 2.24) is 0 Å². The highest BCUT2D eigenvalue weighted by Crippen LogP contribution is 2.48. The molecular formula is C23H23FN2O2. The molecule has 2 aromatic rings. The topological polar surface area (TPSA) is 49.4 Å². The lowest BCUT2D eigenvalue weighted by Gasteiger charge is -2.36. The average Bonchev–Trinajstić information content (AvgIpc) is 2.74. The highest BCUT2D eigenvalue weighted by atomic mass is 19.1. The van der Waals surface area contributed by atoms with Gasteiger partial charge in [0.25, 0.3) is 0 Å². The molecule has 0 aromatic heterocycles. The quantitative estimate of drug-likeness (QED) is 0.761. The summed E-state index contributed by atoms with van der Waals surface area (Å²) in [5, 5.41) is 3.42. The van der Waals surface area contributed by atoms with Crippen LogP contribution in [-0.2, 0) is 9.59 Å². The number of benzene rings is 2. The fourth-order valence-electron chi connectivity index (χ4n) is 4.33. The van der Waals surface area contributed by atoms with E-state index < -0.39 is 11.9 Å². The van der Waals surface area contributed by atoms with E-state index in [0.717, 1.165) is 11.4 Å². The summed E-state index contributed by atoms with van der Waals surface area (Å²) in [5.41, 5.74) is 3.23. The summed E-state index contributed by atoms with van der Waals surface area (Å²) in [6, 6.07) is 13.0. The third-order valence-electron chi connectivity index (χ3n) is 5.40. The zero-order valence-corrected chi connectivity index (χ0v) is 16.3. The predicted molar refractivity (Wildman–Crippen MR) is 107 cm³/mol. The Kier molecular flexibility index (Phi) is 4.33. The number of carbonyl (C=O) groups excluding carboxylic acids is 2. The Morgan fingerprint density at radius 2 is 1.89 bits per heavy atom. The monoisotopic (exact) mass is 378 g/mol. The molecule has 0 spiro atoms. The van der Waals surface area contributed by atoms with Gasteiger partial charge in [-0.3, -0.25) is 14.5 Å². The van der Waals surface area contributed by atoms with Gasteiger partial charge in [-0.2, -0.15) is 0 Å². The minimum atomic E-state index is -0.664. The molecular weight excluding hydrogens is 355 g/mol. The molecule has 1 N–H and O–H groups in total. The number of nitrogens with zero attached hydrogens (tertiary/aromatic N) is 1. The molecule has 144 valence electrons. The minimum absolute atomic E-state index is 0.00735. The molecule has 0 saturated carbocycles. The molecule has 0 bridgehead atoms. The number of para-hydroxylation sites is 2. The Morgan fingerprint density at radius 1 is 1.14 bits per heavy atom. The first-order valence-electron chi connectivity index (χ1n) is 9.44. The molecule has 0 unspecified atom stereocenters. The van der Waals surface area contributed by atoms with Crippen LogP contribution in [0.5, 0.6) is 0 Å². The van der Waals surface area contributed by atoms with Crippen molar-refractivity contribution in [2.24, 2.45) is 5.41 Å². The lowest BCUT2D eigenvalue weighted by atomic mass is 9.73. The van der Waals surface area contributed by atoms with Crippen LogP contribution >= 0.6 is 0 Å². The predicted octanol–water partition coefficient (Wildman–Crippen LogP) is 4.99. The van der Waals surface area contributed by atoms with Crippen LogP contribution in [0.4, 0.5) is 15.8 Å². The van der Waals surface area contributed by atoms with Crippen molar-refractivity contribution >= 4 is 23.1 Å².